The highest BCUT2D eigenvalue weighted by Crippen LogP contribution is 2.26. The van der Waals surface area contributed by atoms with Crippen LogP contribution in [0.3, 0.4) is 0 Å². The van der Waals surface area contributed by atoms with E-state index in [1.54, 1.807) is 51.1 Å². The Kier molecular flexibility index (Phi) is 13.4. The van der Waals surface area contributed by atoms with E-state index < -0.39 is 5.82 Å². The molecule has 0 radical (unpaired) electrons. The SMILES string of the molecule is COc1cccc(CBr)c1F.COc1cccc(CN2CCN(c3ccc(Br)cc3)C2=O)c1F.O=C1NCCN1c1ccc(Br)cc1. The molecule has 2 heterocycles. The van der Waals surface area contributed by atoms with Crippen LogP contribution < -0.4 is 24.6 Å². The summed E-state index contributed by atoms with van der Waals surface area (Å²) in [6.07, 6.45) is 0. The molecule has 2 aliphatic heterocycles. The van der Waals surface area contributed by atoms with Crippen molar-refractivity contribution in [2.24, 2.45) is 0 Å². The smallest absolute Gasteiger partial charge is 0.324 e. The topological polar surface area (TPSA) is 74.3 Å². The number of anilines is 2. The van der Waals surface area contributed by atoms with Crippen LogP contribution >= 0.6 is 47.8 Å². The number of rotatable bonds is 7. The standard InChI is InChI=1S/C17H16BrFN2O2.C9H9BrN2O.C8H8BrFO/c1-23-15-4-2-3-12(16(15)19)11-20-9-10-21(17(20)22)14-7-5-13(18)6-8-14;10-7-1-3-8(4-2-7)12-6-5-11-9(12)13;1-11-7-4-2-3-6(5-9)8(7)10/h2-8H,9-11H2,1H3;1-4H,5-6H2,(H,11,13);2-4H,5H2,1H3. The molecule has 0 atom stereocenters. The number of amides is 4. The van der Waals surface area contributed by atoms with E-state index in [1.807, 2.05) is 48.5 Å². The number of urea groups is 2. The molecule has 13 heteroatoms. The van der Waals surface area contributed by atoms with Crippen LogP contribution in [-0.4, -0.2) is 57.4 Å². The van der Waals surface area contributed by atoms with Crippen LogP contribution in [-0.2, 0) is 11.9 Å². The van der Waals surface area contributed by atoms with E-state index in [1.165, 1.54) is 14.2 Å². The Morgan fingerprint density at radius 2 is 1.21 bits per heavy atom. The lowest BCUT2D eigenvalue weighted by molar-refractivity contribution is 0.218. The third-order valence-corrected chi connectivity index (χ3v) is 8.92. The molecule has 4 aromatic rings. The minimum atomic E-state index is -0.412. The number of halogens is 5. The van der Waals surface area contributed by atoms with Gasteiger partial charge in [-0.1, -0.05) is 72.1 Å². The highest BCUT2D eigenvalue weighted by atomic mass is 79.9. The van der Waals surface area contributed by atoms with Gasteiger partial charge in [0.1, 0.15) is 0 Å². The predicted octanol–water partition coefficient (Wildman–Crippen LogP) is 8.75. The fourth-order valence-electron chi connectivity index (χ4n) is 4.79. The zero-order chi connectivity index (χ0) is 33.9. The Hall–Kier alpha value is -3.68. The molecule has 0 unspecified atom stereocenters. The molecule has 4 aromatic carbocycles. The van der Waals surface area contributed by atoms with E-state index >= 15 is 0 Å². The summed E-state index contributed by atoms with van der Waals surface area (Å²) in [5.74, 6) is -0.211. The number of hydrogen-bond acceptors (Lipinski definition) is 4. The summed E-state index contributed by atoms with van der Waals surface area (Å²) in [7, 11) is 2.88. The van der Waals surface area contributed by atoms with Gasteiger partial charge < -0.3 is 19.7 Å². The lowest BCUT2D eigenvalue weighted by Crippen LogP contribution is -2.31. The van der Waals surface area contributed by atoms with E-state index in [9.17, 15) is 18.4 Å². The summed E-state index contributed by atoms with van der Waals surface area (Å²) in [6.45, 7) is 2.86. The largest absolute Gasteiger partial charge is 0.494 e. The van der Waals surface area contributed by atoms with E-state index in [2.05, 4.69) is 53.1 Å². The summed E-state index contributed by atoms with van der Waals surface area (Å²) in [4.78, 5) is 28.9. The molecular weight excluding hydrogens is 806 g/mol. The monoisotopic (exact) mass is 836 g/mol. The average Bonchev–Trinajstić information content (AvgIpc) is 3.68. The summed E-state index contributed by atoms with van der Waals surface area (Å²) < 4.78 is 39.1. The first-order valence-corrected chi connectivity index (χ1v) is 17.2. The van der Waals surface area contributed by atoms with Gasteiger partial charge in [0.25, 0.3) is 0 Å². The summed E-state index contributed by atoms with van der Waals surface area (Å²) in [5, 5.41) is 3.27. The van der Waals surface area contributed by atoms with E-state index in [0.717, 1.165) is 33.4 Å². The number of carbonyl (C=O) groups is 2. The van der Waals surface area contributed by atoms with Crippen LogP contribution in [0.2, 0.25) is 0 Å². The van der Waals surface area contributed by atoms with Crippen LogP contribution in [0, 0.1) is 11.6 Å². The zero-order valence-corrected chi connectivity index (χ0v) is 30.4. The van der Waals surface area contributed by atoms with Crippen molar-refractivity contribution in [1.82, 2.24) is 10.2 Å². The fourth-order valence-corrected chi connectivity index (χ4v) is 5.75. The molecule has 4 amide bonds. The van der Waals surface area contributed by atoms with Gasteiger partial charge in [0.15, 0.2) is 23.1 Å². The number of benzene rings is 4. The normalized spacial score (nSPS) is 13.8. The molecule has 6 rings (SSSR count). The van der Waals surface area contributed by atoms with Gasteiger partial charge in [0, 0.05) is 63.0 Å². The Labute approximate surface area is 298 Å². The number of hydrogen-bond donors (Lipinski definition) is 1. The highest BCUT2D eigenvalue weighted by molar-refractivity contribution is 9.10. The van der Waals surface area contributed by atoms with Crippen LogP contribution in [0.1, 0.15) is 11.1 Å². The number of ether oxygens (including phenoxy) is 2. The van der Waals surface area contributed by atoms with Crippen LogP contribution in [0.5, 0.6) is 11.5 Å². The third kappa shape index (κ3) is 9.45. The molecule has 2 fully saturated rings. The number of alkyl halides is 1. The molecule has 0 aromatic heterocycles. The van der Waals surface area contributed by atoms with Gasteiger partial charge in [0.2, 0.25) is 0 Å². The number of nitrogens with one attached hydrogen (secondary N) is 1. The number of carbonyl (C=O) groups excluding carboxylic acids is 2. The molecule has 2 aliphatic rings. The van der Waals surface area contributed by atoms with Gasteiger partial charge >= 0.3 is 12.1 Å². The molecule has 0 aliphatic carbocycles. The van der Waals surface area contributed by atoms with Crippen LogP contribution in [0.15, 0.2) is 93.9 Å². The molecule has 248 valence electrons. The number of nitrogens with zero attached hydrogens (tertiary/aromatic N) is 3. The molecular formula is C34H33Br3F2N4O4. The van der Waals surface area contributed by atoms with E-state index in [0.29, 0.717) is 35.3 Å². The molecule has 8 nitrogen and oxygen atoms in total. The van der Waals surface area contributed by atoms with Gasteiger partial charge in [-0.2, -0.15) is 0 Å². The van der Waals surface area contributed by atoms with E-state index in [4.69, 9.17) is 9.47 Å². The van der Waals surface area contributed by atoms with Gasteiger partial charge in [0.05, 0.1) is 20.8 Å². The number of methoxy groups -OCH3 is 2. The van der Waals surface area contributed by atoms with Crippen molar-refractivity contribution >= 4 is 71.2 Å². The quantitative estimate of drug-likeness (QED) is 0.189. The van der Waals surface area contributed by atoms with Crippen LogP contribution in [0.4, 0.5) is 29.7 Å². The fraction of sp³-hybridized carbons (Fsp3) is 0.235. The average molecular weight is 839 g/mol. The van der Waals surface area contributed by atoms with Gasteiger partial charge in [-0.05, 0) is 60.7 Å². The molecule has 2 saturated heterocycles. The Balaban J connectivity index is 0.000000176. The third-order valence-electron chi connectivity index (χ3n) is 7.26. The molecule has 1 N–H and O–H groups in total. The first-order chi connectivity index (χ1) is 22.7. The Bertz CT molecular complexity index is 1640. The van der Waals surface area contributed by atoms with Gasteiger partial charge in [-0.25, -0.2) is 18.4 Å². The molecule has 0 bridgehead atoms. The summed E-state index contributed by atoms with van der Waals surface area (Å²) in [5.41, 5.74) is 2.85. The first kappa shape index (κ1) is 36.2. The lowest BCUT2D eigenvalue weighted by Gasteiger charge is -2.19. The second-order valence-electron chi connectivity index (χ2n) is 10.2. The van der Waals surface area contributed by atoms with Crippen molar-refractivity contribution in [1.29, 1.82) is 0 Å². The summed E-state index contributed by atoms with van der Waals surface area (Å²) in [6, 6.07) is 25.2. The second kappa shape index (κ2) is 17.5. The van der Waals surface area contributed by atoms with Crippen molar-refractivity contribution in [3.8, 4) is 11.5 Å². The molecule has 47 heavy (non-hydrogen) atoms. The zero-order valence-electron chi connectivity index (χ0n) is 25.7. The Morgan fingerprint density at radius 1 is 0.702 bits per heavy atom. The first-order valence-electron chi connectivity index (χ1n) is 14.5. The van der Waals surface area contributed by atoms with Crippen molar-refractivity contribution in [2.75, 3.05) is 50.2 Å². The summed E-state index contributed by atoms with van der Waals surface area (Å²) >= 11 is 9.91. The maximum atomic E-state index is 14.2. The van der Waals surface area contributed by atoms with Crippen molar-refractivity contribution < 1.29 is 27.8 Å². The van der Waals surface area contributed by atoms with Gasteiger partial charge in [-0.3, -0.25) is 9.80 Å². The van der Waals surface area contributed by atoms with Crippen molar-refractivity contribution in [3.63, 3.8) is 0 Å². The lowest BCUT2D eigenvalue weighted by atomic mass is 10.2. The van der Waals surface area contributed by atoms with Crippen molar-refractivity contribution in [3.05, 3.63) is 117 Å². The maximum absolute atomic E-state index is 14.2. The van der Waals surface area contributed by atoms with Crippen LogP contribution in [0.25, 0.3) is 0 Å². The molecule has 0 saturated carbocycles. The maximum Gasteiger partial charge on any atom is 0.324 e. The Morgan fingerprint density at radius 3 is 1.70 bits per heavy atom. The molecule has 0 spiro atoms. The minimum Gasteiger partial charge on any atom is -0.494 e. The van der Waals surface area contributed by atoms with E-state index in [-0.39, 0.29) is 30.2 Å². The van der Waals surface area contributed by atoms with Gasteiger partial charge in [-0.15, -0.1) is 0 Å². The second-order valence-corrected chi connectivity index (χ2v) is 12.6. The highest BCUT2D eigenvalue weighted by Gasteiger charge is 2.30. The van der Waals surface area contributed by atoms with Crippen molar-refractivity contribution in [2.45, 2.75) is 11.9 Å². The minimum absolute atomic E-state index is 0.0117. The predicted molar refractivity (Wildman–Crippen MR) is 191 cm³/mol.